The van der Waals surface area contributed by atoms with Crippen molar-refractivity contribution >= 4 is 15.9 Å². The Balaban J connectivity index is 0.000000253. The van der Waals surface area contributed by atoms with Crippen LogP contribution in [0.25, 0.3) is 16.9 Å². The Morgan fingerprint density at radius 3 is 1.89 bits per heavy atom. The Labute approximate surface area is 170 Å². The van der Waals surface area contributed by atoms with E-state index in [4.69, 9.17) is 0 Å². The van der Waals surface area contributed by atoms with Crippen LogP contribution in [0, 0.1) is 20.8 Å². The first kappa shape index (κ1) is 19.2. The monoisotopic (exact) mass is 417 g/mol. The van der Waals surface area contributed by atoms with Crippen molar-refractivity contribution in [1.82, 2.24) is 4.57 Å². The number of hydrogen-bond acceptors (Lipinski definition) is 0. The summed E-state index contributed by atoms with van der Waals surface area (Å²) in [6.07, 6.45) is 0. The van der Waals surface area contributed by atoms with Gasteiger partial charge in [-0.2, -0.15) is 0 Å². The van der Waals surface area contributed by atoms with Crippen molar-refractivity contribution in [3.8, 4) is 16.9 Å². The van der Waals surface area contributed by atoms with Crippen LogP contribution in [-0.4, -0.2) is 4.57 Å². The summed E-state index contributed by atoms with van der Waals surface area (Å²) < 4.78 is 3.38. The summed E-state index contributed by atoms with van der Waals surface area (Å²) in [6.45, 7) is 6.33. The quantitative estimate of drug-likeness (QED) is 0.317. The molecule has 4 aromatic rings. The maximum Gasteiger partial charge on any atom is 0.0531 e. The van der Waals surface area contributed by atoms with Gasteiger partial charge in [-0.25, -0.2) is 0 Å². The zero-order valence-corrected chi connectivity index (χ0v) is 17.6. The fourth-order valence-corrected chi connectivity index (χ4v) is 3.37. The van der Waals surface area contributed by atoms with E-state index in [-0.39, 0.29) is 0 Å². The molecule has 0 radical (unpaired) electrons. The van der Waals surface area contributed by atoms with Crippen molar-refractivity contribution in [2.45, 2.75) is 20.8 Å². The van der Waals surface area contributed by atoms with Crippen LogP contribution in [0.4, 0.5) is 0 Å². The van der Waals surface area contributed by atoms with Gasteiger partial charge in [-0.3, -0.25) is 0 Å². The predicted molar refractivity (Wildman–Crippen MR) is 120 cm³/mol. The Bertz CT molecular complexity index is 998. The van der Waals surface area contributed by atoms with Crippen molar-refractivity contribution in [1.29, 1.82) is 0 Å². The first-order valence-electron chi connectivity index (χ1n) is 9.07. The molecule has 0 unspecified atom stereocenters. The Kier molecular flexibility index (Phi) is 6.31. The maximum atomic E-state index is 3.55. The summed E-state index contributed by atoms with van der Waals surface area (Å²) in [4.78, 5) is 0. The molecular formula is C25H24BrN. The van der Waals surface area contributed by atoms with E-state index in [0.29, 0.717) is 0 Å². The maximum absolute atomic E-state index is 3.55. The minimum Gasteiger partial charge on any atom is -0.314 e. The number of halogens is 1. The van der Waals surface area contributed by atoms with Crippen molar-refractivity contribution in [3.63, 3.8) is 0 Å². The molecule has 1 nitrogen and oxygen atoms in total. The van der Waals surface area contributed by atoms with Gasteiger partial charge in [0.2, 0.25) is 0 Å². The lowest BCUT2D eigenvalue weighted by Gasteiger charge is -2.12. The van der Waals surface area contributed by atoms with E-state index in [1.54, 1.807) is 0 Å². The third kappa shape index (κ3) is 4.99. The van der Waals surface area contributed by atoms with E-state index in [2.05, 4.69) is 108 Å². The molecule has 0 N–H and O–H groups in total. The Morgan fingerprint density at radius 2 is 1.30 bits per heavy atom. The van der Waals surface area contributed by atoms with Gasteiger partial charge < -0.3 is 4.57 Å². The zero-order chi connectivity index (χ0) is 19.2. The van der Waals surface area contributed by atoms with Crippen molar-refractivity contribution in [2.24, 2.45) is 0 Å². The molecule has 1 heterocycles. The molecule has 0 aliphatic heterocycles. The molecule has 0 saturated carbocycles. The van der Waals surface area contributed by atoms with Gasteiger partial charge in [0.05, 0.1) is 5.69 Å². The number of aromatic nitrogens is 1. The number of aryl methyl sites for hydroxylation is 3. The van der Waals surface area contributed by atoms with Crippen molar-refractivity contribution in [3.05, 3.63) is 112 Å². The number of rotatable bonds is 2. The molecule has 3 aromatic carbocycles. The third-order valence-corrected chi connectivity index (χ3v) is 4.92. The molecule has 1 aromatic heterocycles. The third-order valence-electron chi connectivity index (χ3n) is 4.43. The summed E-state index contributed by atoms with van der Waals surface area (Å²) >= 11 is 3.55. The lowest BCUT2D eigenvalue weighted by atomic mass is 10.1. The van der Waals surface area contributed by atoms with Gasteiger partial charge in [0.1, 0.15) is 0 Å². The van der Waals surface area contributed by atoms with E-state index in [1.165, 1.54) is 33.8 Å². The van der Waals surface area contributed by atoms with Gasteiger partial charge in [0.25, 0.3) is 0 Å². The second-order valence-electron chi connectivity index (χ2n) is 6.70. The van der Waals surface area contributed by atoms with Crippen LogP contribution < -0.4 is 0 Å². The lowest BCUT2D eigenvalue weighted by Crippen LogP contribution is -1.98. The van der Waals surface area contributed by atoms with Gasteiger partial charge in [-0.1, -0.05) is 87.7 Å². The summed E-state index contributed by atoms with van der Waals surface area (Å²) in [6, 6.07) is 31.7. The summed E-state index contributed by atoms with van der Waals surface area (Å²) in [7, 11) is 0. The highest BCUT2D eigenvalue weighted by atomic mass is 79.9. The summed E-state index contributed by atoms with van der Waals surface area (Å²) in [5, 5.41) is 0. The normalized spacial score (nSPS) is 10.2. The standard InChI is InChI=1S/C18H16BrN.C7H8/c1-13-6-9-15(10-7-13)18-11-8-14(2)20(18)17-5-3-4-16(19)12-17;1-7-5-3-2-4-6-7/h3-12H,1-2H3;2-6H,1H3. The zero-order valence-electron chi connectivity index (χ0n) is 16.0. The van der Waals surface area contributed by atoms with Crippen molar-refractivity contribution in [2.75, 3.05) is 0 Å². The molecule has 0 aliphatic carbocycles. The predicted octanol–water partition coefficient (Wildman–Crippen LogP) is 7.52. The molecule has 0 spiro atoms. The summed E-state index contributed by atoms with van der Waals surface area (Å²) in [5.41, 5.74) is 7.48. The molecule has 0 bridgehead atoms. The highest BCUT2D eigenvalue weighted by Crippen LogP contribution is 2.27. The SMILES string of the molecule is Cc1ccc(-c2ccc(C)n2-c2cccc(Br)c2)cc1.Cc1ccccc1. The first-order valence-corrected chi connectivity index (χ1v) is 9.87. The molecule has 0 saturated heterocycles. The van der Waals surface area contributed by atoms with Gasteiger partial charge in [0, 0.05) is 15.9 Å². The average Bonchev–Trinajstić information content (AvgIpc) is 3.05. The van der Waals surface area contributed by atoms with Crippen LogP contribution in [0.2, 0.25) is 0 Å². The number of hydrogen-bond donors (Lipinski definition) is 0. The molecule has 4 rings (SSSR count). The van der Waals surface area contributed by atoms with Gasteiger partial charge in [-0.15, -0.1) is 0 Å². The molecule has 0 fully saturated rings. The van der Waals surface area contributed by atoms with Gasteiger partial charge in [0.15, 0.2) is 0 Å². The van der Waals surface area contributed by atoms with Crippen molar-refractivity contribution < 1.29 is 0 Å². The number of nitrogens with zero attached hydrogens (tertiary/aromatic N) is 1. The minimum absolute atomic E-state index is 1.10. The summed E-state index contributed by atoms with van der Waals surface area (Å²) in [5.74, 6) is 0. The second kappa shape index (κ2) is 8.88. The topological polar surface area (TPSA) is 4.93 Å². The van der Waals surface area contributed by atoms with E-state index in [0.717, 1.165) is 4.47 Å². The van der Waals surface area contributed by atoms with Crippen LogP contribution in [-0.2, 0) is 0 Å². The van der Waals surface area contributed by atoms with E-state index < -0.39 is 0 Å². The fraction of sp³-hybridized carbons (Fsp3) is 0.120. The van der Waals surface area contributed by atoms with Crippen LogP contribution in [0.1, 0.15) is 16.8 Å². The molecule has 27 heavy (non-hydrogen) atoms. The molecule has 136 valence electrons. The van der Waals surface area contributed by atoms with E-state index in [9.17, 15) is 0 Å². The second-order valence-corrected chi connectivity index (χ2v) is 7.61. The van der Waals surface area contributed by atoms with Crippen LogP contribution >= 0.6 is 15.9 Å². The average molecular weight is 418 g/mol. The Morgan fingerprint density at radius 1 is 0.630 bits per heavy atom. The largest absolute Gasteiger partial charge is 0.314 e. The van der Waals surface area contributed by atoms with Gasteiger partial charge in [-0.05, 0) is 56.7 Å². The number of benzene rings is 3. The molecule has 0 amide bonds. The van der Waals surface area contributed by atoms with Crippen LogP contribution in [0.15, 0.2) is 95.5 Å². The van der Waals surface area contributed by atoms with Crippen LogP contribution in [0.3, 0.4) is 0 Å². The van der Waals surface area contributed by atoms with E-state index >= 15 is 0 Å². The first-order chi connectivity index (χ1) is 13.0. The smallest absolute Gasteiger partial charge is 0.0531 e. The van der Waals surface area contributed by atoms with E-state index in [1.807, 2.05) is 24.3 Å². The minimum atomic E-state index is 1.10. The Hall–Kier alpha value is -2.58. The fourth-order valence-electron chi connectivity index (χ4n) is 2.98. The molecule has 0 atom stereocenters. The highest BCUT2D eigenvalue weighted by Gasteiger charge is 2.09. The highest BCUT2D eigenvalue weighted by molar-refractivity contribution is 9.10. The molecule has 2 heteroatoms. The lowest BCUT2D eigenvalue weighted by molar-refractivity contribution is 1.02. The molecule has 0 aliphatic rings. The van der Waals surface area contributed by atoms with Crippen LogP contribution in [0.5, 0.6) is 0 Å². The van der Waals surface area contributed by atoms with Gasteiger partial charge >= 0.3 is 0 Å². The molecular weight excluding hydrogens is 394 g/mol.